The van der Waals surface area contributed by atoms with Gasteiger partial charge in [0, 0.05) is 37.3 Å². The molecule has 4 unspecified atom stereocenters. The topological polar surface area (TPSA) is 39.1 Å². The summed E-state index contributed by atoms with van der Waals surface area (Å²) in [6.07, 6.45) is 10.9. The third-order valence-electron chi connectivity index (χ3n) is 4.71. The van der Waals surface area contributed by atoms with E-state index in [-0.39, 0.29) is 0 Å². The highest BCUT2D eigenvalue weighted by Crippen LogP contribution is 2.40. The molecular weight excluding hydrogens is 238 g/mol. The highest BCUT2D eigenvalue weighted by Gasteiger charge is 2.44. The van der Waals surface area contributed by atoms with Crippen molar-refractivity contribution in [2.24, 2.45) is 5.92 Å². The van der Waals surface area contributed by atoms with Gasteiger partial charge in [-0.15, -0.1) is 0 Å². The van der Waals surface area contributed by atoms with E-state index in [4.69, 9.17) is 4.74 Å². The maximum atomic E-state index is 6.00. The van der Waals surface area contributed by atoms with Gasteiger partial charge in [0.2, 0.25) is 0 Å². The molecule has 3 heterocycles. The largest absolute Gasteiger partial charge is 0.375 e. The van der Waals surface area contributed by atoms with Crippen LogP contribution in [-0.2, 0) is 17.7 Å². The molecule has 2 saturated heterocycles. The van der Waals surface area contributed by atoms with E-state index < -0.39 is 0 Å². The van der Waals surface area contributed by atoms with Gasteiger partial charge < -0.3 is 14.6 Å². The molecule has 1 aromatic rings. The SMILES string of the molecule is CCCn1ccnc1CC(NC)C1CC2CCC1O2. The van der Waals surface area contributed by atoms with E-state index in [9.17, 15) is 0 Å². The summed E-state index contributed by atoms with van der Waals surface area (Å²) in [6, 6.07) is 0.494. The van der Waals surface area contributed by atoms with Crippen LogP contribution in [0.15, 0.2) is 12.4 Å². The van der Waals surface area contributed by atoms with Crippen molar-refractivity contribution in [2.45, 2.75) is 63.8 Å². The average molecular weight is 263 g/mol. The van der Waals surface area contributed by atoms with Crippen LogP contribution in [0.5, 0.6) is 0 Å². The van der Waals surface area contributed by atoms with Crippen LogP contribution < -0.4 is 5.32 Å². The number of nitrogens with one attached hydrogen (secondary N) is 1. The molecule has 4 atom stereocenters. The van der Waals surface area contributed by atoms with Crippen molar-refractivity contribution in [1.29, 1.82) is 0 Å². The number of ether oxygens (including phenoxy) is 1. The van der Waals surface area contributed by atoms with Gasteiger partial charge in [-0.05, 0) is 32.7 Å². The number of fused-ring (bicyclic) bond motifs is 2. The second kappa shape index (κ2) is 5.63. The highest BCUT2D eigenvalue weighted by atomic mass is 16.5. The van der Waals surface area contributed by atoms with Gasteiger partial charge in [-0.25, -0.2) is 4.98 Å². The van der Waals surface area contributed by atoms with E-state index in [1.54, 1.807) is 0 Å². The molecule has 0 saturated carbocycles. The Balaban J connectivity index is 1.67. The lowest BCUT2D eigenvalue weighted by Crippen LogP contribution is -2.41. The van der Waals surface area contributed by atoms with Gasteiger partial charge in [0.05, 0.1) is 12.2 Å². The van der Waals surface area contributed by atoms with Crippen molar-refractivity contribution in [2.75, 3.05) is 7.05 Å². The zero-order chi connectivity index (χ0) is 13.2. The fraction of sp³-hybridized carbons (Fsp3) is 0.800. The van der Waals surface area contributed by atoms with Gasteiger partial charge in [0.25, 0.3) is 0 Å². The molecule has 4 nitrogen and oxygen atoms in total. The Kier molecular flexibility index (Phi) is 3.89. The smallest absolute Gasteiger partial charge is 0.110 e. The Morgan fingerprint density at radius 1 is 1.53 bits per heavy atom. The van der Waals surface area contributed by atoms with Crippen molar-refractivity contribution in [3.8, 4) is 0 Å². The van der Waals surface area contributed by atoms with Crippen molar-refractivity contribution >= 4 is 0 Å². The first kappa shape index (κ1) is 13.1. The van der Waals surface area contributed by atoms with Gasteiger partial charge in [-0.2, -0.15) is 0 Å². The molecule has 106 valence electrons. The fourth-order valence-electron chi connectivity index (χ4n) is 3.74. The molecule has 4 heteroatoms. The van der Waals surface area contributed by atoms with E-state index in [1.165, 1.54) is 25.1 Å². The van der Waals surface area contributed by atoms with E-state index in [0.717, 1.165) is 19.4 Å². The van der Waals surface area contributed by atoms with Crippen LogP contribution in [0.1, 0.15) is 38.4 Å². The summed E-state index contributed by atoms with van der Waals surface area (Å²) < 4.78 is 8.29. The molecule has 2 aliphatic heterocycles. The summed E-state index contributed by atoms with van der Waals surface area (Å²) in [5.74, 6) is 1.87. The van der Waals surface area contributed by atoms with E-state index in [1.807, 2.05) is 6.20 Å². The molecule has 19 heavy (non-hydrogen) atoms. The maximum Gasteiger partial charge on any atom is 0.110 e. The summed E-state index contributed by atoms with van der Waals surface area (Å²) in [4.78, 5) is 4.54. The Hall–Kier alpha value is -0.870. The fourth-order valence-corrected chi connectivity index (χ4v) is 3.74. The normalized spacial score (nSPS) is 30.9. The maximum absolute atomic E-state index is 6.00. The quantitative estimate of drug-likeness (QED) is 0.853. The number of hydrogen-bond acceptors (Lipinski definition) is 3. The van der Waals surface area contributed by atoms with E-state index >= 15 is 0 Å². The van der Waals surface area contributed by atoms with Crippen molar-refractivity contribution in [3.63, 3.8) is 0 Å². The van der Waals surface area contributed by atoms with Crippen LogP contribution in [0.2, 0.25) is 0 Å². The summed E-state index contributed by atoms with van der Waals surface area (Å²) in [7, 11) is 2.07. The van der Waals surface area contributed by atoms with Crippen LogP contribution >= 0.6 is 0 Å². The molecule has 2 fully saturated rings. The molecule has 3 rings (SSSR count). The predicted octanol–water partition coefficient (Wildman–Crippen LogP) is 1.99. The molecule has 1 N–H and O–H groups in total. The van der Waals surface area contributed by atoms with Crippen LogP contribution in [-0.4, -0.2) is 34.8 Å². The number of likely N-dealkylation sites (N-methyl/N-ethyl adjacent to an activating group) is 1. The van der Waals surface area contributed by atoms with Gasteiger partial charge in [0.1, 0.15) is 5.82 Å². The number of aromatic nitrogens is 2. The minimum absolute atomic E-state index is 0.483. The van der Waals surface area contributed by atoms with E-state index in [2.05, 4.69) is 35.0 Å². The van der Waals surface area contributed by atoms with Crippen molar-refractivity contribution < 1.29 is 4.74 Å². The van der Waals surface area contributed by atoms with Gasteiger partial charge >= 0.3 is 0 Å². The zero-order valence-electron chi connectivity index (χ0n) is 12.0. The molecule has 2 aliphatic rings. The Morgan fingerprint density at radius 3 is 3.05 bits per heavy atom. The van der Waals surface area contributed by atoms with Crippen molar-refractivity contribution in [1.82, 2.24) is 14.9 Å². The van der Waals surface area contributed by atoms with Gasteiger partial charge in [-0.3, -0.25) is 0 Å². The lowest BCUT2D eigenvalue weighted by molar-refractivity contribution is 0.0861. The first-order valence-corrected chi connectivity index (χ1v) is 7.64. The van der Waals surface area contributed by atoms with E-state index in [0.29, 0.717) is 24.2 Å². The molecule has 1 aromatic heterocycles. The molecule has 0 aliphatic carbocycles. The second-order valence-corrected chi connectivity index (χ2v) is 5.91. The third-order valence-corrected chi connectivity index (χ3v) is 4.71. The Labute approximate surface area is 115 Å². The summed E-state index contributed by atoms with van der Waals surface area (Å²) in [6.45, 7) is 3.28. The number of aryl methyl sites for hydroxylation is 1. The minimum Gasteiger partial charge on any atom is -0.375 e. The highest BCUT2D eigenvalue weighted by molar-refractivity contribution is 5.01. The van der Waals surface area contributed by atoms with Gasteiger partial charge in [0.15, 0.2) is 0 Å². The number of hydrogen-bond donors (Lipinski definition) is 1. The summed E-state index contributed by atoms with van der Waals surface area (Å²) in [5, 5.41) is 3.50. The van der Waals surface area contributed by atoms with Crippen LogP contribution in [0.4, 0.5) is 0 Å². The van der Waals surface area contributed by atoms with Gasteiger partial charge in [-0.1, -0.05) is 6.92 Å². The van der Waals surface area contributed by atoms with Crippen LogP contribution in [0.3, 0.4) is 0 Å². The van der Waals surface area contributed by atoms with Crippen LogP contribution in [0, 0.1) is 5.92 Å². The summed E-state index contributed by atoms with van der Waals surface area (Å²) >= 11 is 0. The average Bonchev–Trinajstić information content (AvgIpc) is 3.12. The first-order valence-electron chi connectivity index (χ1n) is 7.64. The molecule has 0 aromatic carbocycles. The van der Waals surface area contributed by atoms with Crippen LogP contribution in [0.25, 0.3) is 0 Å². The lowest BCUT2D eigenvalue weighted by Gasteiger charge is -2.28. The molecule has 0 amide bonds. The first-order chi connectivity index (χ1) is 9.31. The predicted molar refractivity (Wildman–Crippen MR) is 75.1 cm³/mol. The monoisotopic (exact) mass is 263 g/mol. The minimum atomic E-state index is 0.483. The van der Waals surface area contributed by atoms with Crippen molar-refractivity contribution in [3.05, 3.63) is 18.2 Å². The molecule has 0 spiro atoms. The number of rotatable bonds is 6. The summed E-state index contributed by atoms with van der Waals surface area (Å²) in [5.41, 5.74) is 0. The standard InChI is InChI=1S/C15H25N3O/c1-3-7-18-8-6-17-15(18)10-13(16-2)12-9-11-4-5-14(12)19-11/h6,8,11-14,16H,3-5,7,9-10H2,1-2H3. The zero-order valence-corrected chi connectivity index (χ0v) is 12.0. The molecular formula is C15H25N3O. The third kappa shape index (κ3) is 2.56. The number of imidazole rings is 1. The number of nitrogens with zero attached hydrogens (tertiary/aromatic N) is 2. The molecule has 2 bridgehead atoms. The lowest BCUT2D eigenvalue weighted by atomic mass is 9.82. The molecule has 0 radical (unpaired) electrons. The Morgan fingerprint density at radius 2 is 2.42 bits per heavy atom. The Bertz CT molecular complexity index is 417. The second-order valence-electron chi connectivity index (χ2n) is 5.91.